The highest BCUT2D eigenvalue weighted by Gasteiger charge is 2.30. The monoisotopic (exact) mass is 472 g/mol. The fourth-order valence-corrected chi connectivity index (χ4v) is 5.35. The van der Waals surface area contributed by atoms with Gasteiger partial charge in [0.15, 0.2) is 0 Å². The van der Waals surface area contributed by atoms with E-state index in [9.17, 15) is 14.4 Å². The third kappa shape index (κ3) is 5.05. The summed E-state index contributed by atoms with van der Waals surface area (Å²) >= 11 is 0. The van der Waals surface area contributed by atoms with Crippen LogP contribution in [0.3, 0.4) is 0 Å². The predicted octanol–water partition coefficient (Wildman–Crippen LogP) is 3.45. The SMILES string of the molecule is Cc1nc2c(CCc3ccc(CN4CCCCC4)cc3)cccc2c(=O)n1C1CCC(=O)NC1=O. The number of aryl methyl sites for hydroxylation is 3. The number of hydrogen-bond donors (Lipinski definition) is 1. The van der Waals surface area contributed by atoms with Crippen LogP contribution in [0.2, 0.25) is 0 Å². The van der Waals surface area contributed by atoms with Crippen molar-refractivity contribution >= 4 is 22.7 Å². The van der Waals surface area contributed by atoms with Gasteiger partial charge in [-0.2, -0.15) is 0 Å². The molecule has 2 amide bonds. The molecule has 1 unspecified atom stereocenters. The molecule has 7 heteroatoms. The van der Waals surface area contributed by atoms with E-state index >= 15 is 0 Å². The first kappa shape index (κ1) is 23.4. The van der Waals surface area contributed by atoms with Crippen LogP contribution in [0, 0.1) is 6.92 Å². The van der Waals surface area contributed by atoms with Gasteiger partial charge in [0.2, 0.25) is 11.8 Å². The molecule has 3 aromatic rings. The van der Waals surface area contributed by atoms with Crippen LogP contribution < -0.4 is 10.9 Å². The van der Waals surface area contributed by atoms with E-state index in [1.165, 1.54) is 48.0 Å². The molecule has 2 aromatic carbocycles. The maximum absolute atomic E-state index is 13.4. The number of benzene rings is 2. The van der Waals surface area contributed by atoms with Gasteiger partial charge in [0.1, 0.15) is 11.9 Å². The molecule has 0 bridgehead atoms. The molecule has 182 valence electrons. The number of para-hydroxylation sites is 1. The first-order valence-electron chi connectivity index (χ1n) is 12.6. The number of imide groups is 1. The molecule has 35 heavy (non-hydrogen) atoms. The number of carbonyl (C=O) groups is 2. The van der Waals surface area contributed by atoms with Crippen LogP contribution in [0.15, 0.2) is 47.3 Å². The highest BCUT2D eigenvalue weighted by Crippen LogP contribution is 2.22. The second-order valence-electron chi connectivity index (χ2n) is 9.77. The molecule has 0 spiro atoms. The Kier molecular flexibility index (Phi) is 6.77. The number of hydrogen-bond acceptors (Lipinski definition) is 5. The summed E-state index contributed by atoms with van der Waals surface area (Å²) in [6.45, 7) is 5.16. The smallest absolute Gasteiger partial charge is 0.262 e. The molecule has 3 heterocycles. The molecule has 1 N–H and O–H groups in total. The number of nitrogens with one attached hydrogen (secondary N) is 1. The van der Waals surface area contributed by atoms with Gasteiger partial charge >= 0.3 is 0 Å². The van der Waals surface area contributed by atoms with E-state index < -0.39 is 11.9 Å². The van der Waals surface area contributed by atoms with Gasteiger partial charge in [-0.05, 0) is 74.9 Å². The van der Waals surface area contributed by atoms with Gasteiger partial charge in [-0.1, -0.05) is 42.8 Å². The van der Waals surface area contributed by atoms with E-state index in [2.05, 4.69) is 34.5 Å². The molecule has 2 saturated heterocycles. The van der Waals surface area contributed by atoms with Crippen molar-refractivity contribution in [2.45, 2.75) is 64.5 Å². The molecule has 7 nitrogen and oxygen atoms in total. The number of fused-ring (bicyclic) bond motifs is 1. The summed E-state index contributed by atoms with van der Waals surface area (Å²) < 4.78 is 1.44. The Morgan fingerprint density at radius 1 is 0.943 bits per heavy atom. The van der Waals surface area contributed by atoms with Crippen LogP contribution in [0.4, 0.5) is 0 Å². The first-order valence-corrected chi connectivity index (χ1v) is 12.6. The number of likely N-dealkylation sites (tertiary alicyclic amines) is 1. The third-order valence-corrected chi connectivity index (χ3v) is 7.27. The summed E-state index contributed by atoms with van der Waals surface area (Å²) in [5.41, 5.74) is 4.10. The normalized spacial score (nSPS) is 19.2. The quantitative estimate of drug-likeness (QED) is 0.556. The summed E-state index contributed by atoms with van der Waals surface area (Å²) in [4.78, 5) is 44.6. The van der Waals surface area contributed by atoms with Crippen molar-refractivity contribution in [3.63, 3.8) is 0 Å². The van der Waals surface area contributed by atoms with Gasteiger partial charge in [-0.25, -0.2) is 4.98 Å². The summed E-state index contributed by atoms with van der Waals surface area (Å²) in [7, 11) is 0. The molecule has 0 radical (unpaired) electrons. The van der Waals surface area contributed by atoms with Crippen molar-refractivity contribution in [2.75, 3.05) is 13.1 Å². The molecule has 2 aliphatic heterocycles. The maximum Gasteiger partial charge on any atom is 0.262 e. The van der Waals surface area contributed by atoms with E-state index in [1.54, 1.807) is 13.0 Å². The third-order valence-electron chi connectivity index (χ3n) is 7.27. The minimum atomic E-state index is -0.704. The summed E-state index contributed by atoms with van der Waals surface area (Å²) in [6, 6.07) is 13.8. The molecule has 2 fully saturated rings. The van der Waals surface area contributed by atoms with Crippen molar-refractivity contribution < 1.29 is 9.59 Å². The second kappa shape index (κ2) is 10.1. The van der Waals surface area contributed by atoms with Crippen molar-refractivity contribution in [3.05, 3.63) is 75.3 Å². The van der Waals surface area contributed by atoms with Gasteiger partial charge in [-0.3, -0.25) is 29.2 Å². The van der Waals surface area contributed by atoms with Crippen LogP contribution >= 0.6 is 0 Å². The number of amides is 2. The molecular weight excluding hydrogens is 440 g/mol. The first-order chi connectivity index (χ1) is 17.0. The van der Waals surface area contributed by atoms with Crippen molar-refractivity contribution in [1.29, 1.82) is 0 Å². The molecule has 5 rings (SSSR count). The maximum atomic E-state index is 13.4. The molecule has 0 saturated carbocycles. The van der Waals surface area contributed by atoms with Crippen LogP contribution in [0.5, 0.6) is 0 Å². The number of piperidine rings is 2. The average molecular weight is 473 g/mol. The number of carbonyl (C=O) groups excluding carboxylic acids is 2. The Hall–Kier alpha value is -3.32. The van der Waals surface area contributed by atoms with Gasteiger partial charge in [-0.15, -0.1) is 0 Å². The highest BCUT2D eigenvalue weighted by atomic mass is 16.2. The zero-order valence-corrected chi connectivity index (χ0v) is 20.3. The number of aromatic nitrogens is 2. The van der Waals surface area contributed by atoms with Crippen molar-refractivity contribution in [1.82, 2.24) is 19.8 Å². The summed E-state index contributed by atoms with van der Waals surface area (Å²) in [5.74, 6) is -0.244. The number of rotatable bonds is 6. The van der Waals surface area contributed by atoms with Gasteiger partial charge < -0.3 is 0 Å². The largest absolute Gasteiger partial charge is 0.299 e. The lowest BCUT2D eigenvalue weighted by Crippen LogP contribution is -2.45. The molecule has 1 atom stereocenters. The van der Waals surface area contributed by atoms with Crippen LogP contribution in [0.25, 0.3) is 10.9 Å². The lowest BCUT2D eigenvalue weighted by molar-refractivity contribution is -0.135. The lowest BCUT2D eigenvalue weighted by atomic mass is 10.0. The Bertz CT molecular complexity index is 1310. The lowest BCUT2D eigenvalue weighted by Gasteiger charge is -2.26. The minimum absolute atomic E-state index is 0.219. The van der Waals surface area contributed by atoms with Gasteiger partial charge in [0, 0.05) is 13.0 Å². The Morgan fingerprint density at radius 3 is 2.43 bits per heavy atom. The average Bonchev–Trinajstić information content (AvgIpc) is 2.86. The van der Waals surface area contributed by atoms with E-state index in [4.69, 9.17) is 4.98 Å². The topological polar surface area (TPSA) is 84.3 Å². The Morgan fingerprint density at radius 2 is 1.69 bits per heavy atom. The minimum Gasteiger partial charge on any atom is -0.299 e. The van der Waals surface area contributed by atoms with Crippen LogP contribution in [-0.2, 0) is 29.0 Å². The van der Waals surface area contributed by atoms with E-state index in [1.807, 2.05) is 12.1 Å². The van der Waals surface area contributed by atoms with Gasteiger partial charge in [0.25, 0.3) is 5.56 Å². The molecule has 1 aromatic heterocycles. The van der Waals surface area contributed by atoms with Crippen molar-refractivity contribution in [2.24, 2.45) is 0 Å². The Labute approximate surface area is 205 Å². The second-order valence-corrected chi connectivity index (χ2v) is 9.77. The number of nitrogens with zero attached hydrogens (tertiary/aromatic N) is 3. The fraction of sp³-hybridized carbons (Fsp3) is 0.429. The summed E-state index contributed by atoms with van der Waals surface area (Å²) in [6.07, 6.45) is 6.12. The van der Waals surface area contributed by atoms with E-state index in [0.717, 1.165) is 24.9 Å². The van der Waals surface area contributed by atoms with Gasteiger partial charge in [0.05, 0.1) is 10.9 Å². The van der Waals surface area contributed by atoms with E-state index in [0.29, 0.717) is 23.1 Å². The molecular formula is C28H32N4O3. The highest BCUT2D eigenvalue weighted by molar-refractivity contribution is 5.99. The predicted molar refractivity (Wildman–Crippen MR) is 135 cm³/mol. The Balaban J connectivity index is 1.33. The molecule has 2 aliphatic rings. The molecule has 0 aliphatic carbocycles. The summed E-state index contributed by atoms with van der Waals surface area (Å²) in [5, 5.41) is 2.85. The van der Waals surface area contributed by atoms with Crippen LogP contribution in [0.1, 0.15) is 60.7 Å². The van der Waals surface area contributed by atoms with Crippen molar-refractivity contribution in [3.8, 4) is 0 Å². The van der Waals surface area contributed by atoms with E-state index in [-0.39, 0.29) is 17.9 Å². The van der Waals surface area contributed by atoms with Crippen LogP contribution in [-0.4, -0.2) is 39.4 Å². The standard InChI is InChI=1S/C28H32N4O3/c1-19-29-26-22(13-12-20-8-10-21(11-9-20)18-31-16-3-2-4-17-31)6-5-7-23(26)28(35)32(19)24-14-15-25(33)30-27(24)34/h5-11,24H,2-4,12-18H2,1H3,(H,30,33,34). The zero-order chi connectivity index (χ0) is 24.4. The fourth-order valence-electron chi connectivity index (χ4n) is 5.35. The zero-order valence-electron chi connectivity index (χ0n) is 20.3.